The van der Waals surface area contributed by atoms with Crippen molar-refractivity contribution in [2.75, 3.05) is 31.5 Å². The number of rotatable bonds is 6. The summed E-state index contributed by atoms with van der Waals surface area (Å²) in [5, 5.41) is 13.0. The van der Waals surface area contributed by atoms with Crippen LogP contribution in [-0.2, 0) is 5.41 Å². The SMILES string of the molecule is CC(C)c1nc(NCCCN2CCC(O)CC2)cc(C(C)(C)C)n1. The predicted octanol–water partition coefficient (Wildman–Crippen LogP) is 3.16. The summed E-state index contributed by atoms with van der Waals surface area (Å²) in [4.78, 5) is 11.8. The maximum absolute atomic E-state index is 9.56. The Morgan fingerprint density at radius 2 is 1.92 bits per heavy atom. The maximum Gasteiger partial charge on any atom is 0.133 e. The van der Waals surface area contributed by atoms with Crippen LogP contribution in [0.5, 0.6) is 0 Å². The highest BCUT2D eigenvalue weighted by Gasteiger charge is 2.19. The summed E-state index contributed by atoms with van der Waals surface area (Å²) in [6.07, 6.45) is 2.81. The van der Waals surface area contributed by atoms with Gasteiger partial charge in [0.15, 0.2) is 0 Å². The van der Waals surface area contributed by atoms with E-state index in [2.05, 4.69) is 55.9 Å². The van der Waals surface area contributed by atoms with Crippen LogP contribution in [0.4, 0.5) is 5.82 Å². The van der Waals surface area contributed by atoms with Crippen molar-refractivity contribution in [1.29, 1.82) is 0 Å². The van der Waals surface area contributed by atoms with Gasteiger partial charge in [0.1, 0.15) is 11.6 Å². The van der Waals surface area contributed by atoms with Crippen molar-refractivity contribution in [3.63, 3.8) is 0 Å². The molecule has 0 spiro atoms. The Labute approximate surface area is 146 Å². The van der Waals surface area contributed by atoms with E-state index in [0.29, 0.717) is 5.92 Å². The van der Waals surface area contributed by atoms with Crippen LogP contribution in [0, 0.1) is 0 Å². The number of piperidine rings is 1. The van der Waals surface area contributed by atoms with Crippen LogP contribution in [-0.4, -0.2) is 52.3 Å². The molecule has 1 aliphatic rings. The second-order valence-corrected chi connectivity index (χ2v) is 8.25. The zero-order chi connectivity index (χ0) is 17.7. The molecule has 0 atom stereocenters. The maximum atomic E-state index is 9.56. The molecule has 1 fully saturated rings. The highest BCUT2D eigenvalue weighted by Crippen LogP contribution is 2.24. The molecular weight excluding hydrogens is 300 g/mol. The summed E-state index contributed by atoms with van der Waals surface area (Å²) in [6.45, 7) is 14.9. The fourth-order valence-electron chi connectivity index (χ4n) is 2.86. The van der Waals surface area contributed by atoms with Crippen molar-refractivity contribution in [3.8, 4) is 0 Å². The Hall–Kier alpha value is -1.20. The largest absolute Gasteiger partial charge is 0.393 e. The number of nitrogens with zero attached hydrogens (tertiary/aromatic N) is 3. The molecule has 24 heavy (non-hydrogen) atoms. The zero-order valence-electron chi connectivity index (χ0n) is 16.0. The van der Waals surface area contributed by atoms with Gasteiger partial charge in [0.2, 0.25) is 0 Å². The van der Waals surface area contributed by atoms with E-state index in [1.807, 2.05) is 0 Å². The van der Waals surface area contributed by atoms with Crippen molar-refractivity contribution >= 4 is 5.82 Å². The number of aliphatic hydroxyl groups is 1. The third-order valence-corrected chi connectivity index (χ3v) is 4.54. The minimum absolute atomic E-state index is 0.0254. The number of nitrogens with one attached hydrogen (secondary N) is 1. The standard InChI is InChI=1S/C19H34N4O/c1-14(2)18-21-16(19(3,4)5)13-17(22-18)20-9-6-10-23-11-7-15(24)8-12-23/h13-15,24H,6-12H2,1-5H3,(H,20,21,22). The molecule has 2 heterocycles. The van der Waals surface area contributed by atoms with Gasteiger partial charge in [-0.25, -0.2) is 9.97 Å². The van der Waals surface area contributed by atoms with Crippen LogP contribution in [0.25, 0.3) is 0 Å². The Kier molecular flexibility index (Phi) is 6.58. The van der Waals surface area contributed by atoms with E-state index in [1.165, 1.54) is 0 Å². The van der Waals surface area contributed by atoms with Gasteiger partial charge in [-0.3, -0.25) is 0 Å². The quantitative estimate of drug-likeness (QED) is 0.783. The molecule has 0 aliphatic carbocycles. The minimum Gasteiger partial charge on any atom is -0.393 e. The van der Waals surface area contributed by atoms with Crippen molar-refractivity contribution < 1.29 is 5.11 Å². The van der Waals surface area contributed by atoms with E-state index in [-0.39, 0.29) is 11.5 Å². The van der Waals surface area contributed by atoms with E-state index in [9.17, 15) is 5.11 Å². The molecule has 0 unspecified atom stereocenters. The van der Waals surface area contributed by atoms with Crippen LogP contribution >= 0.6 is 0 Å². The summed E-state index contributed by atoms with van der Waals surface area (Å²) in [5.74, 6) is 2.18. The summed E-state index contributed by atoms with van der Waals surface area (Å²) in [5.41, 5.74) is 1.12. The molecule has 0 bridgehead atoms. The molecule has 1 aliphatic heterocycles. The van der Waals surface area contributed by atoms with E-state index >= 15 is 0 Å². The lowest BCUT2D eigenvalue weighted by Crippen LogP contribution is -2.36. The van der Waals surface area contributed by atoms with Gasteiger partial charge in [0, 0.05) is 37.0 Å². The smallest absolute Gasteiger partial charge is 0.133 e. The van der Waals surface area contributed by atoms with Crippen LogP contribution in [0.1, 0.15) is 71.3 Å². The lowest BCUT2D eigenvalue weighted by molar-refractivity contribution is 0.0825. The molecule has 5 nitrogen and oxygen atoms in total. The van der Waals surface area contributed by atoms with Gasteiger partial charge in [-0.15, -0.1) is 0 Å². The summed E-state index contributed by atoms with van der Waals surface area (Å²) in [6, 6.07) is 2.09. The number of likely N-dealkylation sites (tertiary alicyclic amines) is 1. The van der Waals surface area contributed by atoms with Crippen LogP contribution in [0.3, 0.4) is 0 Å². The van der Waals surface area contributed by atoms with Crippen LogP contribution in [0.15, 0.2) is 6.07 Å². The van der Waals surface area contributed by atoms with Gasteiger partial charge >= 0.3 is 0 Å². The van der Waals surface area contributed by atoms with Crippen molar-refractivity contribution in [3.05, 3.63) is 17.6 Å². The molecule has 136 valence electrons. The van der Waals surface area contributed by atoms with Gasteiger partial charge in [0.25, 0.3) is 0 Å². The molecular formula is C19H34N4O. The molecule has 0 saturated carbocycles. The van der Waals surface area contributed by atoms with Crippen LogP contribution in [0.2, 0.25) is 0 Å². The van der Waals surface area contributed by atoms with Crippen molar-refractivity contribution in [2.24, 2.45) is 0 Å². The van der Waals surface area contributed by atoms with Gasteiger partial charge in [-0.2, -0.15) is 0 Å². The lowest BCUT2D eigenvalue weighted by Gasteiger charge is -2.29. The number of aliphatic hydroxyl groups excluding tert-OH is 1. The summed E-state index contributed by atoms with van der Waals surface area (Å²) < 4.78 is 0. The van der Waals surface area contributed by atoms with E-state index in [4.69, 9.17) is 4.98 Å². The molecule has 0 aromatic carbocycles. The molecule has 1 aromatic rings. The summed E-state index contributed by atoms with van der Waals surface area (Å²) >= 11 is 0. The highest BCUT2D eigenvalue weighted by atomic mass is 16.3. The van der Waals surface area contributed by atoms with Gasteiger partial charge in [0.05, 0.1) is 11.8 Å². The van der Waals surface area contributed by atoms with Gasteiger partial charge in [-0.05, 0) is 25.8 Å². The number of hydrogen-bond acceptors (Lipinski definition) is 5. The Bertz CT molecular complexity index is 517. The molecule has 2 N–H and O–H groups in total. The van der Waals surface area contributed by atoms with Crippen molar-refractivity contribution in [1.82, 2.24) is 14.9 Å². The van der Waals surface area contributed by atoms with E-state index < -0.39 is 0 Å². The van der Waals surface area contributed by atoms with E-state index in [0.717, 1.165) is 62.8 Å². The third-order valence-electron chi connectivity index (χ3n) is 4.54. The molecule has 5 heteroatoms. The monoisotopic (exact) mass is 334 g/mol. The fourth-order valence-corrected chi connectivity index (χ4v) is 2.86. The normalized spacial score (nSPS) is 17.5. The molecule has 1 saturated heterocycles. The first-order valence-electron chi connectivity index (χ1n) is 9.29. The Morgan fingerprint density at radius 3 is 2.50 bits per heavy atom. The second-order valence-electron chi connectivity index (χ2n) is 8.25. The van der Waals surface area contributed by atoms with Crippen LogP contribution < -0.4 is 5.32 Å². The zero-order valence-corrected chi connectivity index (χ0v) is 16.0. The second kappa shape index (κ2) is 8.26. The Morgan fingerprint density at radius 1 is 1.25 bits per heavy atom. The molecule has 1 aromatic heterocycles. The molecule has 2 rings (SSSR count). The van der Waals surface area contributed by atoms with E-state index in [1.54, 1.807) is 0 Å². The van der Waals surface area contributed by atoms with Gasteiger partial charge in [-0.1, -0.05) is 34.6 Å². The highest BCUT2D eigenvalue weighted by molar-refractivity contribution is 5.38. The first kappa shape index (κ1) is 19.1. The number of aromatic nitrogens is 2. The average molecular weight is 335 g/mol. The lowest BCUT2D eigenvalue weighted by atomic mass is 9.91. The third kappa shape index (κ3) is 5.71. The minimum atomic E-state index is -0.0920. The number of anilines is 1. The summed E-state index contributed by atoms with van der Waals surface area (Å²) in [7, 11) is 0. The van der Waals surface area contributed by atoms with Crippen molar-refractivity contribution in [2.45, 2.75) is 71.3 Å². The fraction of sp³-hybridized carbons (Fsp3) is 0.789. The first-order chi connectivity index (χ1) is 11.3. The van der Waals surface area contributed by atoms with Gasteiger partial charge < -0.3 is 15.3 Å². The topological polar surface area (TPSA) is 61.3 Å². The Balaban J connectivity index is 1.88. The average Bonchev–Trinajstić information content (AvgIpc) is 2.52. The predicted molar refractivity (Wildman–Crippen MR) is 99.6 cm³/mol. The molecule has 0 radical (unpaired) electrons. The number of hydrogen-bond donors (Lipinski definition) is 2. The first-order valence-corrected chi connectivity index (χ1v) is 9.29. The molecule has 0 amide bonds.